The van der Waals surface area contributed by atoms with Crippen molar-refractivity contribution in [1.82, 2.24) is 50.0 Å². The maximum absolute atomic E-state index is 13.4. The van der Waals surface area contributed by atoms with Crippen molar-refractivity contribution in [2.75, 3.05) is 60.9 Å². The molecule has 318 valence electrons. The molecule has 4 aliphatic rings. The fourth-order valence-electron chi connectivity index (χ4n) is 9.38. The number of fused-ring (bicyclic) bond motifs is 2. The Morgan fingerprint density at radius 1 is 0.806 bits per heavy atom. The summed E-state index contributed by atoms with van der Waals surface area (Å²) in [6.07, 6.45) is 7.99. The Balaban J connectivity index is 0.684. The first-order valence-corrected chi connectivity index (χ1v) is 21.6. The van der Waals surface area contributed by atoms with Crippen LogP contribution in [0.3, 0.4) is 0 Å². The van der Waals surface area contributed by atoms with Gasteiger partial charge in [0.1, 0.15) is 17.9 Å². The molecule has 3 amide bonds. The number of nitrogens with zero attached hydrogens (tertiary/aromatic N) is 10. The molecule has 0 bridgehead atoms. The number of carbonyl (C=O) groups is 3. The number of benzene rings is 3. The fraction of sp³-hybridized carbons (Fsp3) is 0.400. The number of nitrogens with one attached hydrogen (secondary N) is 3. The second kappa shape index (κ2) is 17.0. The van der Waals surface area contributed by atoms with Crippen LogP contribution >= 0.6 is 0 Å². The highest BCUT2D eigenvalue weighted by Crippen LogP contribution is 2.35. The quantitative estimate of drug-likeness (QED) is 0.160. The Morgan fingerprint density at radius 3 is 2.34 bits per heavy atom. The molecule has 17 heteroatoms. The first kappa shape index (κ1) is 39.4. The van der Waals surface area contributed by atoms with Gasteiger partial charge in [-0.2, -0.15) is 4.68 Å². The molecular weight excluding hydrogens is 787 g/mol. The highest BCUT2D eigenvalue weighted by molar-refractivity contribution is 5.99. The van der Waals surface area contributed by atoms with E-state index in [4.69, 9.17) is 0 Å². The van der Waals surface area contributed by atoms with Crippen LogP contribution in [0.1, 0.15) is 56.2 Å². The Morgan fingerprint density at radius 2 is 1.56 bits per heavy atom. The summed E-state index contributed by atoms with van der Waals surface area (Å²) in [6.45, 7) is 6.82. The van der Waals surface area contributed by atoms with Crippen LogP contribution < -0.4 is 31.3 Å². The summed E-state index contributed by atoms with van der Waals surface area (Å²) in [7, 11) is 0. The van der Waals surface area contributed by atoms with Crippen molar-refractivity contribution >= 4 is 62.7 Å². The lowest BCUT2D eigenvalue weighted by molar-refractivity contribution is -0.136. The molecule has 6 aromatic rings. The Labute approximate surface area is 357 Å². The van der Waals surface area contributed by atoms with Gasteiger partial charge in [-0.1, -0.05) is 35.5 Å². The van der Waals surface area contributed by atoms with E-state index in [1.165, 1.54) is 5.69 Å². The van der Waals surface area contributed by atoms with E-state index < -0.39 is 11.9 Å². The van der Waals surface area contributed by atoms with Crippen molar-refractivity contribution < 1.29 is 14.4 Å². The summed E-state index contributed by atoms with van der Waals surface area (Å²) in [4.78, 5) is 71.2. The van der Waals surface area contributed by atoms with Gasteiger partial charge in [-0.3, -0.25) is 29.4 Å². The molecule has 10 rings (SSSR count). The smallest absolute Gasteiger partial charge is 0.278 e. The van der Waals surface area contributed by atoms with Crippen LogP contribution in [-0.2, 0) is 20.8 Å². The largest absolute Gasteiger partial charge is 0.371 e. The molecule has 4 fully saturated rings. The molecule has 0 radical (unpaired) electrons. The van der Waals surface area contributed by atoms with Gasteiger partial charge in [0.05, 0.1) is 18.1 Å². The van der Waals surface area contributed by atoms with Crippen molar-refractivity contribution in [2.24, 2.45) is 5.92 Å². The molecule has 3 saturated heterocycles. The summed E-state index contributed by atoms with van der Waals surface area (Å²) >= 11 is 0. The van der Waals surface area contributed by atoms with E-state index in [1.54, 1.807) is 6.33 Å². The van der Waals surface area contributed by atoms with Gasteiger partial charge < -0.3 is 25.0 Å². The third kappa shape index (κ3) is 8.19. The third-order valence-corrected chi connectivity index (χ3v) is 13.0. The molecule has 1 saturated carbocycles. The number of imide groups is 1. The number of hydrogen-bond donors (Lipinski definition) is 3. The average Bonchev–Trinajstić information content (AvgIpc) is 3.71. The molecule has 6 heterocycles. The second-order valence-corrected chi connectivity index (χ2v) is 17.0. The highest BCUT2D eigenvalue weighted by atomic mass is 16.2. The molecule has 0 unspecified atom stereocenters. The van der Waals surface area contributed by atoms with E-state index in [2.05, 4.69) is 84.7 Å². The molecular formula is C45H49N13O4. The van der Waals surface area contributed by atoms with E-state index >= 15 is 0 Å². The minimum Gasteiger partial charge on any atom is -0.371 e. The Bertz CT molecular complexity index is 2660. The first-order valence-electron chi connectivity index (χ1n) is 21.6. The van der Waals surface area contributed by atoms with Crippen LogP contribution in [-0.4, -0.2) is 109 Å². The van der Waals surface area contributed by atoms with Crippen molar-refractivity contribution in [3.8, 4) is 0 Å². The number of imidazole rings is 1. The van der Waals surface area contributed by atoms with Crippen LogP contribution in [0, 0.1) is 5.92 Å². The lowest BCUT2D eigenvalue weighted by Gasteiger charge is -2.40. The summed E-state index contributed by atoms with van der Waals surface area (Å²) in [5.74, 6) is 0.452. The summed E-state index contributed by atoms with van der Waals surface area (Å²) in [5, 5.41) is 17.6. The van der Waals surface area contributed by atoms with E-state index in [1.807, 2.05) is 54.9 Å². The molecule has 17 nitrogen and oxygen atoms in total. The van der Waals surface area contributed by atoms with Gasteiger partial charge in [0.25, 0.3) is 11.5 Å². The molecule has 0 spiro atoms. The van der Waals surface area contributed by atoms with Gasteiger partial charge in [-0.15, -0.1) is 5.10 Å². The van der Waals surface area contributed by atoms with E-state index in [9.17, 15) is 19.2 Å². The Kier molecular flexibility index (Phi) is 10.8. The predicted octanol–water partition coefficient (Wildman–Crippen LogP) is 3.75. The fourth-order valence-corrected chi connectivity index (χ4v) is 9.38. The van der Waals surface area contributed by atoms with Gasteiger partial charge in [0.15, 0.2) is 17.0 Å². The molecule has 3 N–H and O–H groups in total. The third-order valence-electron chi connectivity index (χ3n) is 13.0. The predicted molar refractivity (Wildman–Crippen MR) is 234 cm³/mol. The number of anilines is 4. The van der Waals surface area contributed by atoms with Gasteiger partial charge in [-0.25, -0.2) is 15.0 Å². The van der Waals surface area contributed by atoms with Crippen LogP contribution in [0.4, 0.5) is 22.9 Å². The van der Waals surface area contributed by atoms with Crippen molar-refractivity contribution in [3.63, 3.8) is 0 Å². The molecule has 1 atom stereocenters. The van der Waals surface area contributed by atoms with Crippen LogP contribution in [0.5, 0.6) is 0 Å². The zero-order chi connectivity index (χ0) is 42.2. The lowest BCUT2D eigenvalue weighted by Crippen LogP contribution is -2.49. The summed E-state index contributed by atoms with van der Waals surface area (Å²) < 4.78 is 3.22. The zero-order valence-electron chi connectivity index (χ0n) is 34.4. The number of amides is 3. The SMILES string of the molecule is O=C1CC[C@H](n2nnc3ccc(N4CCC(CN5CCN(c6ccc(Nc7ncnc8c7ncn8C7CC(NC(=O)Cc8ccccc8)C7)cc6)CC5)CC4)cc3c2=O)C(=O)N1. The van der Waals surface area contributed by atoms with E-state index in [0.717, 1.165) is 104 Å². The lowest BCUT2D eigenvalue weighted by atomic mass is 9.86. The maximum Gasteiger partial charge on any atom is 0.278 e. The number of piperazine rings is 1. The molecule has 3 aliphatic heterocycles. The van der Waals surface area contributed by atoms with Crippen molar-refractivity contribution in [1.29, 1.82) is 0 Å². The number of carbonyl (C=O) groups excluding carboxylic acids is 3. The second-order valence-electron chi connectivity index (χ2n) is 17.0. The monoisotopic (exact) mass is 835 g/mol. The minimum atomic E-state index is -0.843. The van der Waals surface area contributed by atoms with E-state index in [-0.39, 0.29) is 42.3 Å². The number of hydrogen-bond acceptors (Lipinski definition) is 13. The normalized spacial score (nSPS) is 21.2. The summed E-state index contributed by atoms with van der Waals surface area (Å²) in [6, 6.07) is 23.5. The van der Waals surface area contributed by atoms with Gasteiger partial charge in [-0.05, 0) is 86.1 Å². The average molecular weight is 836 g/mol. The van der Waals surface area contributed by atoms with Crippen LogP contribution in [0.25, 0.3) is 22.1 Å². The van der Waals surface area contributed by atoms with Crippen LogP contribution in [0.15, 0.2) is 90.2 Å². The number of rotatable bonds is 11. The van der Waals surface area contributed by atoms with Crippen LogP contribution in [0.2, 0.25) is 0 Å². The minimum absolute atomic E-state index is 0.0476. The Hall–Kier alpha value is -6.75. The summed E-state index contributed by atoms with van der Waals surface area (Å²) in [5.41, 5.74) is 5.72. The highest BCUT2D eigenvalue weighted by Gasteiger charge is 2.34. The van der Waals surface area contributed by atoms with E-state index in [0.29, 0.717) is 29.1 Å². The van der Waals surface area contributed by atoms with Crippen molar-refractivity contribution in [3.05, 3.63) is 101 Å². The zero-order valence-corrected chi connectivity index (χ0v) is 34.4. The van der Waals surface area contributed by atoms with Gasteiger partial charge >= 0.3 is 0 Å². The maximum atomic E-state index is 13.4. The van der Waals surface area contributed by atoms with Gasteiger partial charge in [0, 0.05) is 81.4 Å². The number of piperidine rings is 2. The number of aromatic nitrogens is 7. The first-order chi connectivity index (χ1) is 30.3. The molecule has 1 aliphatic carbocycles. The van der Waals surface area contributed by atoms with Crippen molar-refractivity contribution in [2.45, 2.75) is 63.1 Å². The molecule has 3 aromatic heterocycles. The standard InChI is InChI=1S/C45H49N13O4/c59-39-13-12-38(44(61)51-39)58-45(62)36-25-34(10-11-37(36)52-53-58)55-16-14-30(15-17-55)26-54-18-20-56(21-19-54)33-8-6-31(7-9-33)50-42-41-43(47-27-46-42)57(28-48-41)35-23-32(24-35)49-40(60)22-29-4-2-1-3-5-29/h1-11,25,27-28,30,32,35,38H,12-24,26H2,(H,49,60)(H,46,47,50)(H,51,59,61)/t32?,35?,38-/m0/s1. The molecule has 62 heavy (non-hydrogen) atoms. The molecule has 3 aromatic carbocycles. The topological polar surface area (TPSA) is 188 Å². The van der Waals surface area contributed by atoms with Gasteiger partial charge in [0.2, 0.25) is 11.8 Å².